The van der Waals surface area contributed by atoms with E-state index in [1.807, 2.05) is 28.5 Å². The maximum Gasteiger partial charge on any atom is 0.273 e. The van der Waals surface area contributed by atoms with Crippen LogP contribution in [0.1, 0.15) is 27.5 Å². The van der Waals surface area contributed by atoms with Gasteiger partial charge in [0.1, 0.15) is 5.69 Å². The summed E-state index contributed by atoms with van der Waals surface area (Å²) in [6.45, 7) is 3.26. The molecule has 0 atom stereocenters. The fourth-order valence-corrected chi connectivity index (χ4v) is 3.97. The zero-order valence-electron chi connectivity index (χ0n) is 15.8. The molecule has 7 heteroatoms. The van der Waals surface area contributed by atoms with Crippen molar-refractivity contribution >= 4 is 23.2 Å². The Morgan fingerprint density at radius 1 is 1.18 bits per heavy atom. The topological polar surface area (TPSA) is 65.5 Å². The molecule has 0 radical (unpaired) electrons. The number of carbonyl (C=O) groups is 2. The standard InChI is InChI=1S/C21H24N4O2S/c1-2-9-22-19(26)15-24-10-6-11-25(13-12-24)21(27)18-16-28-20(23-18)14-17-7-4-3-5-8-17/h1,3-5,7-8,16H,6,9-15H2,(H,22,26). The SMILES string of the molecule is C#CCNC(=O)CN1CCCN(C(=O)c2csc(Cc3ccccc3)n2)CC1. The van der Waals surface area contributed by atoms with Crippen molar-refractivity contribution in [3.63, 3.8) is 0 Å². The highest BCUT2D eigenvalue weighted by Gasteiger charge is 2.23. The van der Waals surface area contributed by atoms with Crippen LogP contribution in [0.3, 0.4) is 0 Å². The molecule has 1 aromatic carbocycles. The van der Waals surface area contributed by atoms with Gasteiger partial charge in [0.25, 0.3) is 5.91 Å². The molecule has 1 aliphatic heterocycles. The van der Waals surface area contributed by atoms with Gasteiger partial charge in [0.05, 0.1) is 18.1 Å². The lowest BCUT2D eigenvalue weighted by Gasteiger charge is -2.21. The number of carbonyl (C=O) groups excluding carboxylic acids is 2. The van der Waals surface area contributed by atoms with Crippen LogP contribution < -0.4 is 5.32 Å². The Bertz CT molecular complexity index is 844. The Hall–Kier alpha value is -2.69. The molecule has 0 aliphatic carbocycles. The summed E-state index contributed by atoms with van der Waals surface area (Å²) >= 11 is 1.52. The Morgan fingerprint density at radius 2 is 2.00 bits per heavy atom. The number of rotatable bonds is 6. The van der Waals surface area contributed by atoms with Crippen molar-refractivity contribution < 1.29 is 9.59 Å². The number of aromatic nitrogens is 1. The number of hydrogen-bond acceptors (Lipinski definition) is 5. The quantitative estimate of drug-likeness (QED) is 0.754. The highest BCUT2D eigenvalue weighted by Crippen LogP contribution is 2.17. The number of nitrogens with zero attached hydrogens (tertiary/aromatic N) is 3. The highest BCUT2D eigenvalue weighted by atomic mass is 32.1. The minimum absolute atomic E-state index is 0.0332. The molecule has 28 heavy (non-hydrogen) atoms. The maximum absolute atomic E-state index is 12.8. The molecule has 2 aromatic rings. The number of thiazole rings is 1. The Kier molecular flexibility index (Phi) is 7.18. The van der Waals surface area contributed by atoms with E-state index in [2.05, 4.69) is 33.3 Å². The average Bonchev–Trinajstić information content (AvgIpc) is 3.04. The molecule has 2 amide bonds. The first-order valence-electron chi connectivity index (χ1n) is 9.36. The third-order valence-electron chi connectivity index (χ3n) is 4.60. The molecule has 1 N–H and O–H groups in total. The normalized spacial score (nSPS) is 14.9. The number of nitrogens with one attached hydrogen (secondary N) is 1. The van der Waals surface area contributed by atoms with E-state index in [4.69, 9.17) is 6.42 Å². The molecule has 0 saturated carbocycles. The van der Waals surface area contributed by atoms with Crippen molar-refractivity contribution in [3.8, 4) is 12.3 Å². The van der Waals surface area contributed by atoms with Gasteiger partial charge in [-0.15, -0.1) is 17.8 Å². The third kappa shape index (κ3) is 5.65. The van der Waals surface area contributed by atoms with Crippen molar-refractivity contribution in [2.24, 2.45) is 0 Å². The summed E-state index contributed by atoms with van der Waals surface area (Å²) < 4.78 is 0. The van der Waals surface area contributed by atoms with Crippen LogP contribution in [0, 0.1) is 12.3 Å². The minimum Gasteiger partial charge on any atom is -0.344 e. The van der Waals surface area contributed by atoms with E-state index in [-0.39, 0.29) is 18.4 Å². The Morgan fingerprint density at radius 3 is 2.79 bits per heavy atom. The van der Waals surface area contributed by atoms with E-state index >= 15 is 0 Å². The zero-order chi connectivity index (χ0) is 19.8. The van der Waals surface area contributed by atoms with E-state index in [1.165, 1.54) is 16.9 Å². The molecule has 1 aliphatic rings. The monoisotopic (exact) mass is 396 g/mol. The largest absolute Gasteiger partial charge is 0.344 e. The molecular weight excluding hydrogens is 372 g/mol. The van der Waals surface area contributed by atoms with Crippen molar-refractivity contribution in [2.75, 3.05) is 39.3 Å². The van der Waals surface area contributed by atoms with Gasteiger partial charge in [-0.25, -0.2) is 4.98 Å². The summed E-state index contributed by atoms with van der Waals surface area (Å²) in [6.07, 6.45) is 6.72. The molecule has 2 heterocycles. The van der Waals surface area contributed by atoms with Gasteiger partial charge in [-0.2, -0.15) is 0 Å². The second kappa shape index (κ2) is 10.0. The van der Waals surface area contributed by atoms with Gasteiger partial charge in [-0.1, -0.05) is 36.3 Å². The molecule has 3 rings (SSSR count). The van der Waals surface area contributed by atoms with E-state index in [0.29, 0.717) is 31.9 Å². The van der Waals surface area contributed by atoms with Crippen LogP contribution >= 0.6 is 11.3 Å². The molecule has 1 fully saturated rings. The molecular formula is C21H24N4O2S. The van der Waals surface area contributed by atoms with Gasteiger partial charge in [-0.3, -0.25) is 14.5 Å². The summed E-state index contributed by atoms with van der Waals surface area (Å²) in [5.41, 5.74) is 1.69. The van der Waals surface area contributed by atoms with Gasteiger partial charge in [0.2, 0.25) is 5.91 Å². The van der Waals surface area contributed by atoms with Crippen LogP contribution in [0.4, 0.5) is 0 Å². The summed E-state index contributed by atoms with van der Waals surface area (Å²) in [6, 6.07) is 10.1. The van der Waals surface area contributed by atoms with Crippen LogP contribution in [0.2, 0.25) is 0 Å². The zero-order valence-corrected chi connectivity index (χ0v) is 16.6. The number of amides is 2. The predicted molar refractivity (Wildman–Crippen MR) is 110 cm³/mol. The number of hydrogen-bond donors (Lipinski definition) is 1. The molecule has 6 nitrogen and oxygen atoms in total. The van der Waals surface area contributed by atoms with Crippen molar-refractivity contribution in [1.29, 1.82) is 0 Å². The summed E-state index contributed by atoms with van der Waals surface area (Å²) in [5.74, 6) is 2.28. The average molecular weight is 397 g/mol. The molecule has 0 unspecified atom stereocenters. The second-order valence-corrected chi connectivity index (χ2v) is 7.63. The first-order chi connectivity index (χ1) is 13.7. The summed E-state index contributed by atoms with van der Waals surface area (Å²) in [7, 11) is 0. The van der Waals surface area contributed by atoms with Gasteiger partial charge < -0.3 is 10.2 Å². The van der Waals surface area contributed by atoms with Crippen molar-refractivity contribution in [1.82, 2.24) is 20.1 Å². The Labute approximate surface area is 169 Å². The van der Waals surface area contributed by atoms with E-state index < -0.39 is 0 Å². The molecule has 0 spiro atoms. The van der Waals surface area contributed by atoms with Crippen LogP contribution in [0.15, 0.2) is 35.7 Å². The highest BCUT2D eigenvalue weighted by molar-refractivity contribution is 7.09. The number of benzene rings is 1. The first kappa shape index (κ1) is 20.1. The van der Waals surface area contributed by atoms with Crippen LogP contribution in [-0.2, 0) is 11.2 Å². The summed E-state index contributed by atoms with van der Waals surface area (Å²) in [4.78, 5) is 33.1. The fraction of sp³-hybridized carbons (Fsp3) is 0.381. The lowest BCUT2D eigenvalue weighted by Crippen LogP contribution is -2.40. The molecule has 0 bridgehead atoms. The predicted octanol–water partition coefficient (Wildman–Crippen LogP) is 1.63. The van der Waals surface area contributed by atoms with Gasteiger partial charge in [-0.05, 0) is 12.0 Å². The lowest BCUT2D eigenvalue weighted by molar-refractivity contribution is -0.121. The third-order valence-corrected chi connectivity index (χ3v) is 5.45. The van der Waals surface area contributed by atoms with Crippen molar-refractivity contribution in [3.05, 3.63) is 52.0 Å². The maximum atomic E-state index is 12.8. The van der Waals surface area contributed by atoms with Gasteiger partial charge in [0, 0.05) is 38.0 Å². The van der Waals surface area contributed by atoms with Crippen molar-refractivity contribution in [2.45, 2.75) is 12.8 Å². The van der Waals surface area contributed by atoms with E-state index in [9.17, 15) is 9.59 Å². The van der Waals surface area contributed by atoms with Gasteiger partial charge in [0.15, 0.2) is 0 Å². The van der Waals surface area contributed by atoms with Crippen LogP contribution in [-0.4, -0.2) is 65.9 Å². The Balaban J connectivity index is 1.53. The summed E-state index contributed by atoms with van der Waals surface area (Å²) in [5, 5.41) is 5.46. The molecule has 1 saturated heterocycles. The molecule has 1 aromatic heterocycles. The second-order valence-electron chi connectivity index (χ2n) is 6.69. The smallest absolute Gasteiger partial charge is 0.273 e. The number of terminal acetylenes is 1. The van der Waals surface area contributed by atoms with E-state index in [0.717, 1.165) is 24.4 Å². The fourth-order valence-electron chi connectivity index (χ4n) is 3.16. The minimum atomic E-state index is -0.0808. The van der Waals surface area contributed by atoms with E-state index in [1.54, 1.807) is 0 Å². The first-order valence-corrected chi connectivity index (χ1v) is 10.2. The van der Waals surface area contributed by atoms with Crippen LogP contribution in [0.5, 0.6) is 0 Å². The molecule has 146 valence electrons. The van der Waals surface area contributed by atoms with Gasteiger partial charge >= 0.3 is 0 Å². The van der Waals surface area contributed by atoms with Crippen LogP contribution in [0.25, 0.3) is 0 Å². The lowest BCUT2D eigenvalue weighted by atomic mass is 10.2.